The van der Waals surface area contributed by atoms with Crippen LogP contribution in [0.5, 0.6) is 5.75 Å². The number of carbonyl (C=O) groups excluding carboxylic acids is 2. The van der Waals surface area contributed by atoms with Crippen molar-refractivity contribution in [2.45, 2.75) is 25.6 Å². The molecule has 0 aliphatic carbocycles. The zero-order valence-electron chi connectivity index (χ0n) is 13.7. The predicted octanol–water partition coefficient (Wildman–Crippen LogP) is 2.24. The minimum absolute atomic E-state index is 0.0160. The lowest BCUT2D eigenvalue weighted by Crippen LogP contribution is -2.44. The number of aryl methyl sites for hydroxylation is 1. The Bertz CT molecular complexity index is 646. The molecule has 1 aliphatic heterocycles. The van der Waals surface area contributed by atoms with Crippen molar-refractivity contribution in [1.29, 1.82) is 0 Å². The van der Waals surface area contributed by atoms with Gasteiger partial charge >= 0.3 is 6.18 Å². The standard InChI is InChI=1S/C16H19F3N2O3/c1-10-4-5-11(8-13(10)24-3)14(22)20(2)12-6-7-21(15(12)23)9-16(17,18)19/h4-5,8,12H,6-7,9H2,1-3H3. The summed E-state index contributed by atoms with van der Waals surface area (Å²) >= 11 is 0. The van der Waals surface area contributed by atoms with Crippen LogP contribution in [-0.4, -0.2) is 61.1 Å². The summed E-state index contributed by atoms with van der Waals surface area (Å²) in [6.45, 7) is 0.521. The van der Waals surface area contributed by atoms with Gasteiger partial charge < -0.3 is 14.5 Å². The Morgan fingerprint density at radius 3 is 2.67 bits per heavy atom. The van der Waals surface area contributed by atoms with Crippen LogP contribution in [0, 0.1) is 6.92 Å². The molecule has 1 aromatic carbocycles. The van der Waals surface area contributed by atoms with Crippen molar-refractivity contribution in [3.63, 3.8) is 0 Å². The Kier molecular flexibility index (Phi) is 5.05. The van der Waals surface area contributed by atoms with Gasteiger partial charge in [0.25, 0.3) is 5.91 Å². The lowest BCUT2D eigenvalue weighted by Gasteiger charge is -2.24. The first-order valence-electron chi connectivity index (χ1n) is 7.41. The number of nitrogens with zero attached hydrogens (tertiary/aromatic N) is 2. The number of methoxy groups -OCH3 is 1. The minimum Gasteiger partial charge on any atom is -0.496 e. The quantitative estimate of drug-likeness (QED) is 0.842. The first-order valence-corrected chi connectivity index (χ1v) is 7.41. The summed E-state index contributed by atoms with van der Waals surface area (Å²) in [7, 11) is 2.91. The van der Waals surface area contributed by atoms with Gasteiger partial charge in [0.05, 0.1) is 7.11 Å². The minimum atomic E-state index is -4.45. The fourth-order valence-electron chi connectivity index (χ4n) is 2.75. The molecular weight excluding hydrogens is 325 g/mol. The molecule has 132 valence electrons. The third-order valence-electron chi connectivity index (χ3n) is 4.08. The highest BCUT2D eigenvalue weighted by atomic mass is 19.4. The molecule has 1 atom stereocenters. The highest BCUT2D eigenvalue weighted by molar-refractivity contribution is 5.98. The lowest BCUT2D eigenvalue weighted by molar-refractivity contribution is -0.158. The number of ether oxygens (including phenoxy) is 1. The summed E-state index contributed by atoms with van der Waals surface area (Å²) in [4.78, 5) is 26.6. The molecule has 1 unspecified atom stereocenters. The molecule has 0 N–H and O–H groups in total. The number of amides is 2. The van der Waals surface area contributed by atoms with E-state index < -0.39 is 30.6 Å². The number of carbonyl (C=O) groups is 2. The van der Waals surface area contributed by atoms with Crippen molar-refractivity contribution in [3.8, 4) is 5.75 Å². The number of benzene rings is 1. The monoisotopic (exact) mass is 344 g/mol. The number of likely N-dealkylation sites (tertiary alicyclic amines) is 1. The van der Waals surface area contributed by atoms with E-state index in [1.165, 1.54) is 19.1 Å². The first kappa shape index (κ1) is 18.1. The van der Waals surface area contributed by atoms with Crippen LogP contribution in [0.2, 0.25) is 0 Å². The van der Waals surface area contributed by atoms with E-state index in [1.807, 2.05) is 6.92 Å². The van der Waals surface area contributed by atoms with Gasteiger partial charge in [-0.25, -0.2) is 0 Å². The van der Waals surface area contributed by atoms with Gasteiger partial charge in [0.2, 0.25) is 5.91 Å². The molecular formula is C16H19F3N2O3. The summed E-state index contributed by atoms with van der Waals surface area (Å²) in [6.07, 6.45) is -4.27. The van der Waals surface area contributed by atoms with E-state index in [4.69, 9.17) is 4.74 Å². The molecule has 8 heteroatoms. The van der Waals surface area contributed by atoms with E-state index in [2.05, 4.69) is 0 Å². The second-order valence-electron chi connectivity index (χ2n) is 5.78. The zero-order chi connectivity index (χ0) is 18.1. The van der Waals surface area contributed by atoms with Gasteiger partial charge in [-0.3, -0.25) is 9.59 Å². The average molecular weight is 344 g/mol. The van der Waals surface area contributed by atoms with Crippen molar-refractivity contribution in [3.05, 3.63) is 29.3 Å². The third-order valence-corrected chi connectivity index (χ3v) is 4.08. The summed E-state index contributed by atoms with van der Waals surface area (Å²) < 4.78 is 42.6. The molecule has 2 amide bonds. The largest absolute Gasteiger partial charge is 0.496 e. The number of alkyl halides is 3. The summed E-state index contributed by atoms with van der Waals surface area (Å²) in [5.41, 5.74) is 1.17. The highest BCUT2D eigenvalue weighted by Crippen LogP contribution is 2.25. The maximum atomic E-state index is 12.5. The number of halogens is 3. The summed E-state index contributed by atoms with van der Waals surface area (Å²) in [6, 6.07) is 3.99. The molecule has 24 heavy (non-hydrogen) atoms. The molecule has 2 rings (SSSR count). The molecule has 1 aromatic rings. The van der Waals surface area contributed by atoms with Crippen LogP contribution in [0.1, 0.15) is 22.3 Å². The van der Waals surface area contributed by atoms with Crippen molar-refractivity contribution in [2.75, 3.05) is 27.2 Å². The van der Waals surface area contributed by atoms with Gasteiger partial charge in [-0.2, -0.15) is 13.2 Å². The van der Waals surface area contributed by atoms with Crippen LogP contribution in [-0.2, 0) is 4.79 Å². The van der Waals surface area contributed by atoms with Gasteiger partial charge in [-0.05, 0) is 31.0 Å². The summed E-state index contributed by atoms with van der Waals surface area (Å²) in [5.74, 6) is -0.576. The molecule has 0 saturated carbocycles. The van der Waals surface area contributed by atoms with Crippen LogP contribution in [0.15, 0.2) is 18.2 Å². The van der Waals surface area contributed by atoms with E-state index in [0.717, 1.165) is 10.5 Å². The number of rotatable bonds is 4. The molecule has 0 bridgehead atoms. The first-order chi connectivity index (χ1) is 11.1. The predicted molar refractivity (Wildman–Crippen MR) is 80.9 cm³/mol. The molecule has 0 radical (unpaired) electrons. The average Bonchev–Trinajstić information content (AvgIpc) is 2.85. The Morgan fingerprint density at radius 1 is 1.42 bits per heavy atom. The van der Waals surface area contributed by atoms with E-state index in [1.54, 1.807) is 18.2 Å². The fourth-order valence-corrected chi connectivity index (χ4v) is 2.75. The van der Waals surface area contributed by atoms with Crippen molar-refractivity contribution < 1.29 is 27.5 Å². The third kappa shape index (κ3) is 3.80. The van der Waals surface area contributed by atoms with Crippen LogP contribution in [0.25, 0.3) is 0 Å². The van der Waals surface area contributed by atoms with Crippen molar-refractivity contribution in [1.82, 2.24) is 9.80 Å². The maximum Gasteiger partial charge on any atom is 0.406 e. The van der Waals surface area contributed by atoms with Gasteiger partial charge in [0, 0.05) is 19.2 Å². The molecule has 1 saturated heterocycles. The van der Waals surface area contributed by atoms with Gasteiger partial charge in [0.1, 0.15) is 18.3 Å². The van der Waals surface area contributed by atoms with Crippen LogP contribution in [0.3, 0.4) is 0 Å². The molecule has 0 aromatic heterocycles. The molecule has 0 spiro atoms. The van der Waals surface area contributed by atoms with Gasteiger partial charge in [-0.15, -0.1) is 0 Å². The Balaban J connectivity index is 2.13. The Hall–Kier alpha value is -2.25. The second-order valence-corrected chi connectivity index (χ2v) is 5.78. The van der Waals surface area contributed by atoms with E-state index in [9.17, 15) is 22.8 Å². The van der Waals surface area contributed by atoms with Crippen molar-refractivity contribution in [2.24, 2.45) is 0 Å². The van der Waals surface area contributed by atoms with E-state index in [0.29, 0.717) is 11.3 Å². The molecule has 1 heterocycles. The van der Waals surface area contributed by atoms with Crippen LogP contribution >= 0.6 is 0 Å². The summed E-state index contributed by atoms with van der Waals surface area (Å²) in [5, 5.41) is 0. The second kappa shape index (κ2) is 6.70. The lowest BCUT2D eigenvalue weighted by atomic mass is 10.1. The maximum absolute atomic E-state index is 12.5. The smallest absolute Gasteiger partial charge is 0.406 e. The van der Waals surface area contributed by atoms with Crippen molar-refractivity contribution >= 4 is 11.8 Å². The number of hydrogen-bond donors (Lipinski definition) is 0. The highest BCUT2D eigenvalue weighted by Gasteiger charge is 2.41. The fraction of sp³-hybridized carbons (Fsp3) is 0.500. The Morgan fingerprint density at radius 2 is 2.08 bits per heavy atom. The zero-order valence-corrected chi connectivity index (χ0v) is 13.7. The SMILES string of the molecule is COc1cc(C(=O)N(C)C2CCN(CC(F)(F)F)C2=O)ccc1C. The molecule has 5 nitrogen and oxygen atoms in total. The number of likely N-dealkylation sites (N-methyl/N-ethyl adjacent to an activating group) is 1. The number of hydrogen-bond acceptors (Lipinski definition) is 3. The van der Waals surface area contributed by atoms with E-state index in [-0.39, 0.29) is 13.0 Å². The topological polar surface area (TPSA) is 49.9 Å². The normalized spacial score (nSPS) is 18.0. The molecule has 1 fully saturated rings. The van der Waals surface area contributed by atoms with Gasteiger partial charge in [-0.1, -0.05) is 6.07 Å². The van der Waals surface area contributed by atoms with Gasteiger partial charge in [0.15, 0.2) is 0 Å². The molecule has 1 aliphatic rings. The van der Waals surface area contributed by atoms with Crippen LogP contribution < -0.4 is 4.74 Å². The van der Waals surface area contributed by atoms with Crippen LogP contribution in [0.4, 0.5) is 13.2 Å². The Labute approximate surface area is 138 Å². The van der Waals surface area contributed by atoms with E-state index >= 15 is 0 Å².